The maximum absolute atomic E-state index is 13.6. The second-order valence-electron chi connectivity index (χ2n) is 10.3. The predicted molar refractivity (Wildman–Crippen MR) is 183 cm³/mol. The molecular formula is C37H29N3O3S2. The molecule has 0 atom stereocenters. The molecular weight excluding hydrogens is 599 g/mol. The average Bonchev–Trinajstić information content (AvgIpc) is 3.06. The van der Waals surface area contributed by atoms with Crippen LogP contribution in [0, 0.1) is 6.92 Å². The van der Waals surface area contributed by atoms with Crippen molar-refractivity contribution in [3.05, 3.63) is 150 Å². The molecule has 5 aromatic rings. The van der Waals surface area contributed by atoms with Crippen LogP contribution in [0.5, 0.6) is 0 Å². The van der Waals surface area contributed by atoms with E-state index in [4.69, 9.17) is 0 Å². The fraction of sp³-hybridized carbons (Fsp3) is 0.0541. The van der Waals surface area contributed by atoms with E-state index in [1.807, 2.05) is 104 Å². The predicted octanol–water partition coefficient (Wildman–Crippen LogP) is 8.33. The minimum atomic E-state index is -0.460. The first-order chi connectivity index (χ1) is 21.9. The van der Waals surface area contributed by atoms with Gasteiger partial charge in [-0.15, -0.1) is 11.8 Å². The zero-order valence-corrected chi connectivity index (χ0v) is 26.0. The molecule has 1 aliphatic rings. The molecule has 0 fully saturated rings. The number of benzene rings is 5. The second kappa shape index (κ2) is 13.7. The first-order valence-corrected chi connectivity index (χ1v) is 16.1. The van der Waals surface area contributed by atoms with Crippen molar-refractivity contribution >= 4 is 64.4 Å². The lowest BCUT2D eigenvalue weighted by Crippen LogP contribution is -2.30. The van der Waals surface area contributed by atoms with Gasteiger partial charge in [-0.1, -0.05) is 90.1 Å². The van der Waals surface area contributed by atoms with Gasteiger partial charge in [-0.05, 0) is 73.2 Å². The van der Waals surface area contributed by atoms with Gasteiger partial charge in [0, 0.05) is 25.9 Å². The number of thioether (sulfide) groups is 1. The zero-order valence-electron chi connectivity index (χ0n) is 24.4. The molecule has 6 nitrogen and oxygen atoms in total. The summed E-state index contributed by atoms with van der Waals surface area (Å²) in [5.74, 6) is -0.678. The van der Waals surface area contributed by atoms with Gasteiger partial charge < -0.3 is 10.6 Å². The summed E-state index contributed by atoms with van der Waals surface area (Å²) in [5.41, 5.74) is 4.68. The van der Waals surface area contributed by atoms with Gasteiger partial charge in [-0.25, -0.2) is 0 Å². The maximum Gasteiger partial charge on any atom is 0.272 e. The number of nitrogens with zero attached hydrogens (tertiary/aromatic N) is 1. The van der Waals surface area contributed by atoms with E-state index in [-0.39, 0.29) is 23.3 Å². The average molecular weight is 628 g/mol. The molecule has 0 radical (unpaired) electrons. The van der Waals surface area contributed by atoms with Gasteiger partial charge in [0.1, 0.15) is 5.70 Å². The minimum Gasteiger partial charge on any atom is -0.321 e. The fourth-order valence-electron chi connectivity index (χ4n) is 4.91. The van der Waals surface area contributed by atoms with E-state index in [9.17, 15) is 14.4 Å². The van der Waals surface area contributed by atoms with Crippen molar-refractivity contribution in [2.75, 3.05) is 16.0 Å². The van der Waals surface area contributed by atoms with Crippen LogP contribution in [-0.2, 0) is 9.59 Å². The molecule has 0 saturated heterocycles. The van der Waals surface area contributed by atoms with Crippen LogP contribution in [0.25, 0.3) is 6.08 Å². The van der Waals surface area contributed by atoms with E-state index >= 15 is 0 Å². The summed E-state index contributed by atoms with van der Waals surface area (Å²) >= 11 is 3.06. The highest BCUT2D eigenvalue weighted by atomic mass is 32.2. The van der Waals surface area contributed by atoms with Crippen LogP contribution in [-0.4, -0.2) is 23.5 Å². The minimum absolute atomic E-state index is 0.0402. The highest BCUT2D eigenvalue weighted by molar-refractivity contribution is 8.00. The molecule has 8 heteroatoms. The third-order valence-electron chi connectivity index (χ3n) is 7.02. The van der Waals surface area contributed by atoms with E-state index in [2.05, 4.69) is 10.6 Å². The number of fused-ring (bicyclic) bond motifs is 2. The van der Waals surface area contributed by atoms with Crippen molar-refractivity contribution in [2.24, 2.45) is 0 Å². The van der Waals surface area contributed by atoms with Crippen LogP contribution in [0.2, 0.25) is 0 Å². The van der Waals surface area contributed by atoms with E-state index < -0.39 is 5.91 Å². The Morgan fingerprint density at radius 2 is 1.42 bits per heavy atom. The molecule has 0 aliphatic carbocycles. The SMILES string of the molecule is Cc1cccc(/C=C(\NC(=O)c2ccccc2)C(=O)Nc2cccc(SCC(=O)N3c4ccccc4Sc4ccccc43)c2)c1. The van der Waals surface area contributed by atoms with E-state index in [1.165, 1.54) is 11.8 Å². The Morgan fingerprint density at radius 1 is 0.756 bits per heavy atom. The molecule has 5 aromatic carbocycles. The summed E-state index contributed by atoms with van der Waals surface area (Å²) in [6, 6.07) is 39.6. The van der Waals surface area contributed by atoms with Crippen LogP contribution in [0.15, 0.2) is 148 Å². The van der Waals surface area contributed by atoms with Crippen LogP contribution < -0.4 is 15.5 Å². The number of hydrogen-bond acceptors (Lipinski definition) is 5. The number of amides is 3. The quantitative estimate of drug-likeness (QED) is 0.134. The number of nitrogens with one attached hydrogen (secondary N) is 2. The molecule has 1 aliphatic heterocycles. The second-order valence-corrected chi connectivity index (χ2v) is 12.5. The Labute approximate surface area is 270 Å². The molecule has 45 heavy (non-hydrogen) atoms. The third-order valence-corrected chi connectivity index (χ3v) is 9.13. The van der Waals surface area contributed by atoms with Gasteiger partial charge in [0.15, 0.2) is 0 Å². The van der Waals surface area contributed by atoms with Gasteiger partial charge in [0.2, 0.25) is 5.91 Å². The van der Waals surface area contributed by atoms with Gasteiger partial charge in [0.05, 0.1) is 17.1 Å². The highest BCUT2D eigenvalue weighted by Crippen LogP contribution is 2.48. The Morgan fingerprint density at radius 3 is 2.13 bits per heavy atom. The Kier molecular flexibility index (Phi) is 9.14. The lowest BCUT2D eigenvalue weighted by Gasteiger charge is -2.31. The molecule has 3 amide bonds. The normalized spacial score (nSPS) is 12.1. The molecule has 0 saturated carbocycles. The van der Waals surface area contributed by atoms with Gasteiger partial charge in [0.25, 0.3) is 11.8 Å². The summed E-state index contributed by atoms with van der Waals surface area (Å²) < 4.78 is 0. The number of carbonyl (C=O) groups is 3. The standard InChI is InChI=1S/C37H29N3O3S2/c1-25-11-9-12-26(21-25)22-30(39-36(42)27-13-3-2-4-14-27)37(43)38-28-15-10-16-29(23-28)44-24-35(41)40-31-17-5-7-19-33(31)45-34-20-8-6-18-32(34)40/h2-23H,24H2,1H3,(H,38,43)(H,39,42)/b30-22-. The molecule has 222 valence electrons. The van der Waals surface area contributed by atoms with Gasteiger partial charge in [-0.2, -0.15) is 0 Å². The summed E-state index contributed by atoms with van der Waals surface area (Å²) in [6.07, 6.45) is 1.66. The molecule has 2 N–H and O–H groups in total. The monoisotopic (exact) mass is 627 g/mol. The molecule has 1 heterocycles. The largest absolute Gasteiger partial charge is 0.321 e. The number of para-hydroxylation sites is 2. The number of aryl methyl sites for hydroxylation is 1. The molecule has 0 bridgehead atoms. The van der Waals surface area contributed by atoms with Gasteiger partial charge >= 0.3 is 0 Å². The Bertz CT molecular complexity index is 1880. The first-order valence-electron chi connectivity index (χ1n) is 14.3. The highest BCUT2D eigenvalue weighted by Gasteiger charge is 2.27. The van der Waals surface area contributed by atoms with E-state index in [0.717, 1.165) is 37.2 Å². The summed E-state index contributed by atoms with van der Waals surface area (Å²) in [6.45, 7) is 1.97. The van der Waals surface area contributed by atoms with Crippen molar-refractivity contribution in [2.45, 2.75) is 21.6 Å². The van der Waals surface area contributed by atoms with Crippen LogP contribution in [0.4, 0.5) is 17.1 Å². The zero-order chi connectivity index (χ0) is 31.2. The topological polar surface area (TPSA) is 78.5 Å². The van der Waals surface area contributed by atoms with Gasteiger partial charge in [-0.3, -0.25) is 19.3 Å². The van der Waals surface area contributed by atoms with Crippen LogP contribution in [0.1, 0.15) is 21.5 Å². The van der Waals surface area contributed by atoms with E-state index in [0.29, 0.717) is 11.3 Å². The summed E-state index contributed by atoms with van der Waals surface area (Å²) in [5, 5.41) is 5.70. The van der Waals surface area contributed by atoms with Crippen molar-refractivity contribution in [3.8, 4) is 0 Å². The summed E-state index contributed by atoms with van der Waals surface area (Å²) in [4.78, 5) is 44.8. The smallest absolute Gasteiger partial charge is 0.272 e. The van der Waals surface area contributed by atoms with Crippen molar-refractivity contribution in [1.29, 1.82) is 0 Å². The lowest BCUT2D eigenvalue weighted by molar-refractivity contribution is -0.115. The molecule has 0 spiro atoms. The van der Waals surface area contributed by atoms with Crippen molar-refractivity contribution in [1.82, 2.24) is 5.32 Å². The molecule has 0 unspecified atom stereocenters. The fourth-order valence-corrected chi connectivity index (χ4v) is 6.78. The van der Waals surface area contributed by atoms with Crippen LogP contribution in [0.3, 0.4) is 0 Å². The number of carbonyl (C=O) groups excluding carboxylic acids is 3. The first kappa shape index (κ1) is 30.0. The molecule has 0 aromatic heterocycles. The maximum atomic E-state index is 13.6. The van der Waals surface area contributed by atoms with Crippen LogP contribution >= 0.6 is 23.5 Å². The van der Waals surface area contributed by atoms with Crippen molar-refractivity contribution < 1.29 is 14.4 Å². The number of anilines is 3. The molecule has 6 rings (SSSR count). The number of hydrogen-bond donors (Lipinski definition) is 2. The Hall–Kier alpha value is -5.05. The summed E-state index contributed by atoms with van der Waals surface area (Å²) in [7, 11) is 0. The lowest BCUT2D eigenvalue weighted by atomic mass is 10.1. The Balaban J connectivity index is 1.18. The number of rotatable bonds is 8. The van der Waals surface area contributed by atoms with Crippen molar-refractivity contribution in [3.63, 3.8) is 0 Å². The van der Waals surface area contributed by atoms with E-state index in [1.54, 1.807) is 53.1 Å². The third kappa shape index (κ3) is 7.20.